The molecule has 10 heteroatoms. The summed E-state index contributed by atoms with van der Waals surface area (Å²) in [7, 11) is 1.29. The predicted octanol–water partition coefficient (Wildman–Crippen LogP) is 6.21. The molecule has 2 aliphatic heterocycles. The van der Waals surface area contributed by atoms with Crippen molar-refractivity contribution in [1.29, 1.82) is 0 Å². The zero-order chi connectivity index (χ0) is 28.9. The van der Waals surface area contributed by atoms with Gasteiger partial charge in [-0.05, 0) is 66.4 Å². The number of carbonyl (C=O) groups excluding carboxylic acids is 3. The van der Waals surface area contributed by atoms with Gasteiger partial charge in [-0.2, -0.15) is 0 Å². The van der Waals surface area contributed by atoms with Crippen molar-refractivity contribution in [3.63, 3.8) is 0 Å². The molecule has 2 heterocycles. The molecule has 3 atom stereocenters. The first kappa shape index (κ1) is 27.7. The highest BCUT2D eigenvalue weighted by atomic mass is 35.5. The van der Waals surface area contributed by atoms with Crippen LogP contribution in [0.5, 0.6) is 0 Å². The van der Waals surface area contributed by atoms with Crippen LogP contribution in [0.15, 0.2) is 60.7 Å². The van der Waals surface area contributed by atoms with Crippen molar-refractivity contribution in [3.8, 4) is 0 Å². The second-order valence-corrected chi connectivity index (χ2v) is 11.7. The SMILES string of the molecule is COC(=O)c1ccc(NC(=O)[C@@H]2NC3(CCCCC3)C3(C(=O)Nc4cc(Cl)ccc43)[C@H]2c2cccc(Cl)c2F)cc1. The summed E-state index contributed by atoms with van der Waals surface area (Å²) in [5.41, 5.74) is 0.0641. The van der Waals surface area contributed by atoms with Gasteiger partial charge in [0.05, 0.1) is 23.7 Å². The van der Waals surface area contributed by atoms with E-state index in [4.69, 9.17) is 27.9 Å². The highest BCUT2D eigenvalue weighted by Gasteiger charge is 2.72. The van der Waals surface area contributed by atoms with Crippen LogP contribution in [-0.4, -0.2) is 36.5 Å². The van der Waals surface area contributed by atoms with E-state index in [0.29, 0.717) is 40.4 Å². The highest BCUT2D eigenvalue weighted by Crippen LogP contribution is 2.62. The summed E-state index contributed by atoms with van der Waals surface area (Å²) in [5, 5.41) is 9.89. The van der Waals surface area contributed by atoms with Crippen LogP contribution >= 0.6 is 23.2 Å². The van der Waals surface area contributed by atoms with Crippen LogP contribution in [0.3, 0.4) is 0 Å². The molecule has 3 aromatic carbocycles. The predicted molar refractivity (Wildman–Crippen MR) is 155 cm³/mol. The minimum absolute atomic E-state index is 0.0884. The Kier molecular flexibility index (Phi) is 7.04. The third-order valence-corrected chi connectivity index (χ3v) is 9.41. The van der Waals surface area contributed by atoms with Crippen molar-refractivity contribution < 1.29 is 23.5 Å². The molecule has 1 unspecified atom stereocenters. The molecule has 6 rings (SSSR count). The Bertz CT molecular complexity index is 1560. The minimum Gasteiger partial charge on any atom is -0.465 e. The Morgan fingerprint density at radius 2 is 1.76 bits per heavy atom. The average molecular weight is 596 g/mol. The van der Waals surface area contributed by atoms with Crippen LogP contribution in [0.25, 0.3) is 0 Å². The van der Waals surface area contributed by atoms with Gasteiger partial charge in [-0.15, -0.1) is 0 Å². The number of hydrogen-bond donors (Lipinski definition) is 3. The fourth-order valence-corrected chi connectivity index (χ4v) is 7.60. The van der Waals surface area contributed by atoms with Gasteiger partial charge in [0.15, 0.2) is 0 Å². The quantitative estimate of drug-likeness (QED) is 0.312. The van der Waals surface area contributed by atoms with Gasteiger partial charge in [-0.3, -0.25) is 14.9 Å². The molecule has 3 aliphatic rings. The van der Waals surface area contributed by atoms with Gasteiger partial charge >= 0.3 is 5.97 Å². The van der Waals surface area contributed by atoms with E-state index in [1.165, 1.54) is 13.2 Å². The highest BCUT2D eigenvalue weighted by molar-refractivity contribution is 6.31. The normalized spacial score (nSPS) is 24.2. The molecule has 2 amide bonds. The first-order chi connectivity index (χ1) is 19.7. The lowest BCUT2D eigenvalue weighted by atomic mass is 9.55. The number of halogens is 3. The number of ether oxygens (including phenoxy) is 1. The number of carbonyl (C=O) groups is 3. The van der Waals surface area contributed by atoms with E-state index in [1.807, 2.05) is 6.07 Å². The molecule has 3 aromatic rings. The number of esters is 1. The molecule has 212 valence electrons. The van der Waals surface area contributed by atoms with Gasteiger partial charge in [-0.25, -0.2) is 9.18 Å². The molecule has 2 spiro atoms. The molecule has 3 N–H and O–H groups in total. The first-order valence-electron chi connectivity index (χ1n) is 13.5. The van der Waals surface area contributed by atoms with Crippen molar-refractivity contribution in [3.05, 3.63) is 93.2 Å². The molecule has 1 aliphatic carbocycles. The van der Waals surface area contributed by atoms with Crippen LogP contribution < -0.4 is 16.0 Å². The van der Waals surface area contributed by atoms with Gasteiger partial charge in [-0.1, -0.05) is 60.7 Å². The lowest BCUT2D eigenvalue weighted by Gasteiger charge is -2.47. The third-order valence-electron chi connectivity index (χ3n) is 8.88. The topological polar surface area (TPSA) is 96.5 Å². The fourth-order valence-electron chi connectivity index (χ4n) is 7.25. The Labute approximate surface area is 246 Å². The average Bonchev–Trinajstić information content (AvgIpc) is 3.42. The number of nitrogens with one attached hydrogen (secondary N) is 3. The zero-order valence-corrected chi connectivity index (χ0v) is 23.7. The second kappa shape index (κ2) is 10.4. The van der Waals surface area contributed by atoms with Crippen LogP contribution in [0.4, 0.5) is 15.8 Å². The van der Waals surface area contributed by atoms with Crippen LogP contribution in [0.2, 0.25) is 10.0 Å². The number of anilines is 2. The summed E-state index contributed by atoms with van der Waals surface area (Å²) < 4.78 is 20.7. The third kappa shape index (κ3) is 4.23. The summed E-state index contributed by atoms with van der Waals surface area (Å²) >= 11 is 12.6. The molecular formula is C31H28Cl2FN3O4. The van der Waals surface area contributed by atoms with Crippen LogP contribution in [0, 0.1) is 5.82 Å². The van der Waals surface area contributed by atoms with Crippen molar-refractivity contribution >= 4 is 52.4 Å². The molecule has 0 aromatic heterocycles. The van der Waals surface area contributed by atoms with Crippen molar-refractivity contribution in [1.82, 2.24) is 5.32 Å². The van der Waals surface area contributed by atoms with Crippen LogP contribution in [0.1, 0.15) is 59.5 Å². The number of benzene rings is 3. The summed E-state index contributed by atoms with van der Waals surface area (Å²) in [5.74, 6) is -2.83. The fraction of sp³-hybridized carbons (Fsp3) is 0.323. The first-order valence-corrected chi connectivity index (χ1v) is 14.3. The molecule has 1 saturated heterocycles. The molecule has 2 fully saturated rings. The van der Waals surface area contributed by atoms with Gasteiger partial charge in [0.25, 0.3) is 0 Å². The van der Waals surface area contributed by atoms with Gasteiger partial charge in [0.1, 0.15) is 11.2 Å². The summed E-state index contributed by atoms with van der Waals surface area (Å²) in [4.78, 5) is 40.4. The van der Waals surface area contributed by atoms with Gasteiger partial charge in [0.2, 0.25) is 11.8 Å². The number of methoxy groups -OCH3 is 1. The summed E-state index contributed by atoms with van der Waals surface area (Å²) in [6.45, 7) is 0. The number of fused-ring (bicyclic) bond motifs is 3. The molecule has 0 bridgehead atoms. The standard InChI is InChI=1S/C31H28Cl2FN3O4/c1-41-28(39)17-8-11-19(12-9-17)35-27(38)26-24(20-6-5-7-22(33)25(20)34)31(30(37-26)14-3-2-4-15-30)21-13-10-18(32)16-23(21)36-29(31)40/h5-13,16,24,26,37H,2-4,14-15H2,1H3,(H,35,38)(H,36,40)/t24-,26+,31?/m0/s1. The number of rotatable bonds is 4. The molecular weight excluding hydrogens is 568 g/mol. The number of hydrogen-bond acceptors (Lipinski definition) is 5. The smallest absolute Gasteiger partial charge is 0.337 e. The maximum absolute atomic E-state index is 15.9. The Morgan fingerprint density at radius 1 is 1.02 bits per heavy atom. The lowest BCUT2D eigenvalue weighted by Crippen LogP contribution is -2.60. The Morgan fingerprint density at radius 3 is 2.46 bits per heavy atom. The number of amides is 2. The molecule has 0 radical (unpaired) electrons. The van der Waals surface area contributed by atoms with E-state index in [0.717, 1.165) is 19.3 Å². The van der Waals surface area contributed by atoms with Crippen LogP contribution in [-0.2, 0) is 19.7 Å². The largest absolute Gasteiger partial charge is 0.465 e. The van der Waals surface area contributed by atoms with Gasteiger partial charge < -0.3 is 15.4 Å². The monoisotopic (exact) mass is 595 g/mol. The Hall–Kier alpha value is -3.46. The van der Waals surface area contributed by atoms with Crippen molar-refractivity contribution in [2.24, 2.45) is 0 Å². The minimum atomic E-state index is -1.31. The lowest BCUT2D eigenvalue weighted by molar-refractivity contribution is -0.124. The van der Waals surface area contributed by atoms with Crippen molar-refractivity contribution in [2.75, 3.05) is 17.7 Å². The zero-order valence-electron chi connectivity index (χ0n) is 22.2. The molecule has 7 nitrogen and oxygen atoms in total. The summed E-state index contributed by atoms with van der Waals surface area (Å²) in [6.07, 6.45) is 3.93. The van der Waals surface area contributed by atoms with Crippen molar-refractivity contribution in [2.45, 2.75) is 55.0 Å². The van der Waals surface area contributed by atoms with E-state index in [2.05, 4.69) is 16.0 Å². The summed E-state index contributed by atoms with van der Waals surface area (Å²) in [6, 6.07) is 15.2. The maximum atomic E-state index is 15.9. The second-order valence-electron chi connectivity index (χ2n) is 10.9. The van der Waals surface area contributed by atoms with E-state index in [9.17, 15) is 14.4 Å². The van der Waals surface area contributed by atoms with E-state index in [-0.39, 0.29) is 16.5 Å². The molecule has 41 heavy (non-hydrogen) atoms. The van der Waals surface area contributed by atoms with Gasteiger partial charge in [0, 0.05) is 27.9 Å². The molecule has 1 saturated carbocycles. The maximum Gasteiger partial charge on any atom is 0.337 e. The van der Waals surface area contributed by atoms with E-state index >= 15 is 4.39 Å². The Balaban J connectivity index is 1.52. The van der Waals surface area contributed by atoms with E-state index in [1.54, 1.807) is 48.5 Å². The van der Waals surface area contributed by atoms with E-state index < -0.39 is 40.6 Å².